The molecule has 0 fully saturated rings. The minimum atomic E-state index is -0.831. The van der Waals surface area contributed by atoms with Gasteiger partial charge >= 0.3 is 0 Å². The van der Waals surface area contributed by atoms with Crippen LogP contribution in [0, 0.1) is 20.8 Å². The summed E-state index contributed by atoms with van der Waals surface area (Å²) in [5, 5.41) is 10.9. The molecular formula is C18H22O. The van der Waals surface area contributed by atoms with Gasteiger partial charge in [-0.05, 0) is 55.5 Å². The second kappa shape index (κ2) is 5.18. The zero-order chi connectivity index (χ0) is 14.0. The maximum Gasteiger partial charge on any atom is 0.0911 e. The number of benzene rings is 2. The van der Waals surface area contributed by atoms with Crippen LogP contribution in [0.1, 0.15) is 34.7 Å². The molecule has 19 heavy (non-hydrogen) atoms. The Labute approximate surface area is 115 Å². The lowest BCUT2D eigenvalue weighted by molar-refractivity contribution is 0.0566. The van der Waals surface area contributed by atoms with Gasteiger partial charge in [0.15, 0.2) is 0 Å². The van der Waals surface area contributed by atoms with Crippen LogP contribution in [-0.4, -0.2) is 5.11 Å². The number of hydrogen-bond donors (Lipinski definition) is 1. The molecule has 0 aliphatic carbocycles. The van der Waals surface area contributed by atoms with Gasteiger partial charge in [0.05, 0.1) is 5.60 Å². The molecule has 2 aromatic rings. The summed E-state index contributed by atoms with van der Waals surface area (Å²) in [6.45, 7) is 8.17. The standard InChI is InChI=1S/C18H22O/c1-13-9-7-10-14(2)16(13)12-18(4,19)17-11-6-5-8-15(17)3/h5-11,19H,12H2,1-4H3. The Bertz CT molecular complexity index is 562. The van der Waals surface area contributed by atoms with Gasteiger partial charge in [0, 0.05) is 6.42 Å². The molecule has 0 aliphatic heterocycles. The van der Waals surface area contributed by atoms with Crippen molar-refractivity contribution in [3.63, 3.8) is 0 Å². The molecule has 0 saturated carbocycles. The summed E-state index contributed by atoms with van der Waals surface area (Å²) in [4.78, 5) is 0. The first-order valence-electron chi connectivity index (χ1n) is 6.75. The minimum absolute atomic E-state index is 0.649. The second-order valence-corrected chi connectivity index (χ2v) is 5.64. The number of aryl methyl sites for hydroxylation is 3. The molecule has 0 heterocycles. The van der Waals surface area contributed by atoms with E-state index in [9.17, 15) is 5.11 Å². The van der Waals surface area contributed by atoms with E-state index in [2.05, 4.69) is 45.0 Å². The van der Waals surface area contributed by atoms with Crippen molar-refractivity contribution in [1.82, 2.24) is 0 Å². The molecule has 0 radical (unpaired) electrons. The predicted octanol–water partition coefficient (Wildman–Crippen LogP) is 4.06. The molecule has 2 rings (SSSR count). The Morgan fingerprint density at radius 1 is 0.842 bits per heavy atom. The van der Waals surface area contributed by atoms with Crippen LogP contribution in [0.2, 0.25) is 0 Å². The van der Waals surface area contributed by atoms with Gasteiger partial charge in [-0.25, -0.2) is 0 Å². The van der Waals surface area contributed by atoms with Crippen molar-refractivity contribution < 1.29 is 5.11 Å². The van der Waals surface area contributed by atoms with Crippen LogP contribution in [0.4, 0.5) is 0 Å². The highest BCUT2D eigenvalue weighted by Gasteiger charge is 2.26. The third kappa shape index (κ3) is 2.87. The zero-order valence-corrected chi connectivity index (χ0v) is 12.2. The molecule has 1 atom stereocenters. The Hall–Kier alpha value is -1.60. The van der Waals surface area contributed by atoms with Crippen LogP contribution in [0.15, 0.2) is 42.5 Å². The molecule has 1 heteroatoms. The molecule has 100 valence electrons. The number of rotatable bonds is 3. The molecule has 0 saturated heterocycles. The fourth-order valence-electron chi connectivity index (χ4n) is 2.74. The Morgan fingerprint density at radius 3 is 1.95 bits per heavy atom. The monoisotopic (exact) mass is 254 g/mol. The van der Waals surface area contributed by atoms with E-state index >= 15 is 0 Å². The van der Waals surface area contributed by atoms with Gasteiger partial charge in [-0.1, -0.05) is 42.5 Å². The third-order valence-electron chi connectivity index (χ3n) is 3.89. The normalized spacial score (nSPS) is 14.2. The summed E-state index contributed by atoms with van der Waals surface area (Å²) in [6, 6.07) is 14.3. The predicted molar refractivity (Wildman–Crippen MR) is 80.4 cm³/mol. The van der Waals surface area contributed by atoms with Crippen molar-refractivity contribution in [2.24, 2.45) is 0 Å². The smallest absolute Gasteiger partial charge is 0.0911 e. The van der Waals surface area contributed by atoms with E-state index in [0.29, 0.717) is 6.42 Å². The first kappa shape index (κ1) is 13.8. The SMILES string of the molecule is Cc1ccccc1C(C)(O)Cc1c(C)cccc1C. The first-order valence-corrected chi connectivity index (χ1v) is 6.75. The lowest BCUT2D eigenvalue weighted by atomic mass is 9.84. The average Bonchev–Trinajstić information content (AvgIpc) is 2.34. The summed E-state index contributed by atoms with van der Waals surface area (Å²) in [7, 11) is 0. The molecule has 2 aromatic carbocycles. The quantitative estimate of drug-likeness (QED) is 0.875. The molecule has 1 N–H and O–H groups in total. The molecule has 1 nitrogen and oxygen atoms in total. The fourth-order valence-corrected chi connectivity index (χ4v) is 2.74. The van der Waals surface area contributed by atoms with Crippen molar-refractivity contribution in [2.75, 3.05) is 0 Å². The lowest BCUT2D eigenvalue weighted by Crippen LogP contribution is -2.26. The van der Waals surface area contributed by atoms with Crippen LogP contribution < -0.4 is 0 Å². The van der Waals surface area contributed by atoms with E-state index in [1.807, 2.05) is 25.1 Å². The number of hydrogen-bond acceptors (Lipinski definition) is 1. The van der Waals surface area contributed by atoms with E-state index < -0.39 is 5.60 Å². The summed E-state index contributed by atoms with van der Waals surface area (Å²) in [5.41, 5.74) is 5.05. The molecular weight excluding hydrogens is 232 g/mol. The van der Waals surface area contributed by atoms with Gasteiger partial charge in [0.2, 0.25) is 0 Å². The van der Waals surface area contributed by atoms with E-state index in [1.54, 1.807) is 0 Å². The first-order chi connectivity index (χ1) is 8.92. The largest absolute Gasteiger partial charge is 0.385 e. The Balaban J connectivity index is 2.39. The molecule has 0 spiro atoms. The minimum Gasteiger partial charge on any atom is -0.385 e. The van der Waals surface area contributed by atoms with Gasteiger partial charge in [0.1, 0.15) is 0 Å². The topological polar surface area (TPSA) is 20.2 Å². The van der Waals surface area contributed by atoms with E-state index in [-0.39, 0.29) is 0 Å². The maximum atomic E-state index is 10.9. The highest BCUT2D eigenvalue weighted by molar-refractivity contribution is 5.38. The van der Waals surface area contributed by atoms with Gasteiger partial charge in [0.25, 0.3) is 0 Å². The molecule has 1 unspecified atom stereocenters. The molecule has 0 aromatic heterocycles. The second-order valence-electron chi connectivity index (χ2n) is 5.64. The zero-order valence-electron chi connectivity index (χ0n) is 12.2. The van der Waals surface area contributed by atoms with Crippen molar-refractivity contribution in [3.05, 3.63) is 70.3 Å². The molecule has 0 aliphatic rings. The average molecular weight is 254 g/mol. The van der Waals surface area contributed by atoms with E-state index in [4.69, 9.17) is 0 Å². The van der Waals surface area contributed by atoms with Crippen molar-refractivity contribution in [3.8, 4) is 0 Å². The lowest BCUT2D eigenvalue weighted by Gasteiger charge is -2.27. The van der Waals surface area contributed by atoms with E-state index in [1.165, 1.54) is 16.7 Å². The van der Waals surface area contributed by atoms with Gasteiger partial charge < -0.3 is 5.11 Å². The summed E-state index contributed by atoms with van der Waals surface area (Å²) in [5.74, 6) is 0. The number of aliphatic hydroxyl groups is 1. The van der Waals surface area contributed by atoms with Crippen molar-refractivity contribution in [1.29, 1.82) is 0 Å². The molecule has 0 amide bonds. The van der Waals surface area contributed by atoms with Crippen molar-refractivity contribution >= 4 is 0 Å². The maximum absolute atomic E-state index is 10.9. The summed E-state index contributed by atoms with van der Waals surface area (Å²) >= 11 is 0. The Morgan fingerprint density at radius 2 is 1.37 bits per heavy atom. The van der Waals surface area contributed by atoms with Crippen LogP contribution in [0.25, 0.3) is 0 Å². The molecule has 0 bridgehead atoms. The van der Waals surface area contributed by atoms with Crippen LogP contribution in [-0.2, 0) is 12.0 Å². The van der Waals surface area contributed by atoms with Gasteiger partial charge in [-0.15, -0.1) is 0 Å². The van der Waals surface area contributed by atoms with Crippen molar-refractivity contribution in [2.45, 2.75) is 39.7 Å². The summed E-state index contributed by atoms with van der Waals surface area (Å²) in [6.07, 6.45) is 0.649. The van der Waals surface area contributed by atoms with Gasteiger partial charge in [-0.2, -0.15) is 0 Å². The third-order valence-corrected chi connectivity index (χ3v) is 3.89. The van der Waals surface area contributed by atoms with Crippen LogP contribution >= 0.6 is 0 Å². The van der Waals surface area contributed by atoms with Crippen LogP contribution in [0.3, 0.4) is 0 Å². The van der Waals surface area contributed by atoms with E-state index in [0.717, 1.165) is 11.1 Å². The van der Waals surface area contributed by atoms with Crippen LogP contribution in [0.5, 0.6) is 0 Å². The summed E-state index contributed by atoms with van der Waals surface area (Å²) < 4.78 is 0. The Kier molecular flexibility index (Phi) is 3.77. The fraction of sp³-hybridized carbons (Fsp3) is 0.333. The highest BCUT2D eigenvalue weighted by atomic mass is 16.3. The van der Waals surface area contributed by atoms with Gasteiger partial charge in [-0.3, -0.25) is 0 Å². The highest BCUT2D eigenvalue weighted by Crippen LogP contribution is 2.30.